The number of nitrogens with one attached hydrogen (secondary N) is 1. The van der Waals surface area contributed by atoms with E-state index in [-0.39, 0.29) is 24.7 Å². The number of hydrogen-bond donors (Lipinski definition) is 2. The Labute approximate surface area is 280 Å². The molecule has 1 atom stereocenters. The van der Waals surface area contributed by atoms with Crippen LogP contribution in [0.2, 0.25) is 0 Å². The van der Waals surface area contributed by atoms with E-state index in [0.29, 0.717) is 13.0 Å². The summed E-state index contributed by atoms with van der Waals surface area (Å²) in [5, 5.41) is 2.93. The van der Waals surface area contributed by atoms with Crippen LogP contribution in [0.3, 0.4) is 0 Å². The van der Waals surface area contributed by atoms with Gasteiger partial charge in [-0.05, 0) is 70.6 Å². The number of esters is 1. The smallest absolute Gasteiger partial charge is 0.307 e. The predicted octanol–water partition coefficient (Wildman–Crippen LogP) is 11.8. The van der Waals surface area contributed by atoms with Gasteiger partial charge in [0.1, 0.15) is 0 Å². The van der Waals surface area contributed by atoms with Crippen LogP contribution < -0.4 is 11.1 Å². The van der Waals surface area contributed by atoms with E-state index in [2.05, 4.69) is 43.5 Å². The highest BCUT2D eigenvalue weighted by molar-refractivity contribution is 5.81. The van der Waals surface area contributed by atoms with E-state index in [1.807, 2.05) is 0 Å². The minimum Gasteiger partial charge on any atom is -0.447 e. The Bertz CT molecular complexity index is 691. The molecular formula is C40H76N2O3. The minimum absolute atomic E-state index is 0.0782. The van der Waals surface area contributed by atoms with Gasteiger partial charge in [0.05, 0.1) is 6.42 Å². The van der Waals surface area contributed by atoms with Crippen LogP contribution in [0.15, 0.2) is 24.3 Å². The van der Waals surface area contributed by atoms with Gasteiger partial charge < -0.3 is 10.1 Å². The molecule has 5 nitrogen and oxygen atoms in total. The lowest BCUT2D eigenvalue weighted by atomic mass is 10.1. The molecule has 0 aliphatic heterocycles. The highest BCUT2D eigenvalue weighted by Crippen LogP contribution is 2.12. The van der Waals surface area contributed by atoms with Crippen LogP contribution in [0, 0.1) is 0 Å². The zero-order valence-electron chi connectivity index (χ0n) is 30.1. The molecule has 0 heterocycles. The molecule has 0 spiro atoms. The largest absolute Gasteiger partial charge is 0.447 e. The van der Waals surface area contributed by atoms with Gasteiger partial charge in [0, 0.05) is 13.0 Å². The maximum atomic E-state index is 12.1. The standard InChI is InChI=1S/C40H76N2O3/c1-3-5-7-9-11-13-15-17-19-21-23-25-27-29-31-33-37-42-39(43)35-36-40(44)45-38(41)34-32-30-28-26-24-22-20-18-16-14-12-10-8-6-4-2/h17-20,38H,3-16,21-37,41H2,1-2H3,(H,42,43)/b19-17-,20-18-. The van der Waals surface area contributed by atoms with Gasteiger partial charge in [-0.2, -0.15) is 0 Å². The Hall–Kier alpha value is -1.62. The molecule has 0 bridgehead atoms. The van der Waals surface area contributed by atoms with Gasteiger partial charge in [-0.15, -0.1) is 0 Å². The Morgan fingerprint density at radius 1 is 0.533 bits per heavy atom. The second-order valence-electron chi connectivity index (χ2n) is 13.2. The zero-order valence-corrected chi connectivity index (χ0v) is 30.1. The van der Waals surface area contributed by atoms with Gasteiger partial charge in [-0.25, -0.2) is 0 Å². The highest BCUT2D eigenvalue weighted by Gasteiger charge is 2.12. The number of rotatable bonds is 35. The molecule has 45 heavy (non-hydrogen) atoms. The molecule has 0 aromatic heterocycles. The summed E-state index contributed by atoms with van der Waals surface area (Å²) < 4.78 is 5.30. The number of allylic oxidation sites excluding steroid dienone is 4. The third kappa shape index (κ3) is 36.7. The Morgan fingerprint density at radius 3 is 1.36 bits per heavy atom. The van der Waals surface area contributed by atoms with E-state index in [1.54, 1.807) is 0 Å². The van der Waals surface area contributed by atoms with Crippen LogP contribution in [0.5, 0.6) is 0 Å². The zero-order chi connectivity index (χ0) is 32.9. The molecule has 1 amide bonds. The summed E-state index contributed by atoms with van der Waals surface area (Å²) in [6.07, 6.45) is 44.1. The van der Waals surface area contributed by atoms with Crippen molar-refractivity contribution in [2.45, 2.75) is 213 Å². The third-order valence-electron chi connectivity index (χ3n) is 8.60. The van der Waals surface area contributed by atoms with Crippen molar-refractivity contribution in [2.75, 3.05) is 6.54 Å². The normalized spacial score (nSPS) is 12.3. The topological polar surface area (TPSA) is 81.4 Å². The van der Waals surface area contributed by atoms with E-state index in [9.17, 15) is 9.59 Å². The Balaban J connectivity index is 3.44. The summed E-state index contributed by atoms with van der Waals surface area (Å²) in [5.74, 6) is -0.451. The van der Waals surface area contributed by atoms with Gasteiger partial charge in [-0.3, -0.25) is 15.3 Å². The molecule has 0 aliphatic carbocycles. The van der Waals surface area contributed by atoms with Crippen molar-refractivity contribution < 1.29 is 14.3 Å². The van der Waals surface area contributed by atoms with Gasteiger partial charge in [0.25, 0.3) is 0 Å². The summed E-state index contributed by atoms with van der Waals surface area (Å²) in [6.45, 7) is 5.22. The van der Waals surface area contributed by atoms with Crippen molar-refractivity contribution in [3.05, 3.63) is 24.3 Å². The average Bonchev–Trinajstić information content (AvgIpc) is 3.03. The van der Waals surface area contributed by atoms with E-state index >= 15 is 0 Å². The van der Waals surface area contributed by atoms with Crippen molar-refractivity contribution in [1.29, 1.82) is 0 Å². The molecule has 264 valence electrons. The first kappa shape index (κ1) is 43.4. The number of amides is 1. The van der Waals surface area contributed by atoms with Crippen molar-refractivity contribution >= 4 is 11.9 Å². The fourth-order valence-electron chi connectivity index (χ4n) is 5.61. The third-order valence-corrected chi connectivity index (χ3v) is 8.60. The summed E-state index contributed by atoms with van der Waals surface area (Å²) in [7, 11) is 0. The lowest BCUT2D eigenvalue weighted by molar-refractivity contribution is -0.150. The summed E-state index contributed by atoms with van der Waals surface area (Å²) in [6, 6.07) is 0. The second kappa shape index (κ2) is 36.8. The maximum Gasteiger partial charge on any atom is 0.307 e. The van der Waals surface area contributed by atoms with Crippen LogP contribution in [0.1, 0.15) is 206 Å². The first-order valence-corrected chi connectivity index (χ1v) is 19.6. The van der Waals surface area contributed by atoms with Crippen LogP contribution in [0.4, 0.5) is 0 Å². The van der Waals surface area contributed by atoms with Gasteiger partial charge >= 0.3 is 5.97 Å². The number of carbonyl (C=O) groups excluding carboxylic acids is 2. The Morgan fingerprint density at radius 2 is 0.911 bits per heavy atom. The summed E-state index contributed by atoms with van der Waals surface area (Å²) in [4.78, 5) is 24.1. The fraction of sp³-hybridized carbons (Fsp3) is 0.850. The van der Waals surface area contributed by atoms with E-state index in [4.69, 9.17) is 10.5 Å². The number of carbonyl (C=O) groups is 2. The van der Waals surface area contributed by atoms with E-state index in [1.165, 1.54) is 148 Å². The van der Waals surface area contributed by atoms with Crippen LogP contribution >= 0.6 is 0 Å². The van der Waals surface area contributed by atoms with Crippen molar-refractivity contribution in [3.63, 3.8) is 0 Å². The summed E-state index contributed by atoms with van der Waals surface area (Å²) >= 11 is 0. The maximum absolute atomic E-state index is 12.1. The van der Waals surface area contributed by atoms with Crippen molar-refractivity contribution in [1.82, 2.24) is 5.32 Å². The monoisotopic (exact) mass is 633 g/mol. The van der Waals surface area contributed by atoms with Crippen molar-refractivity contribution in [3.8, 4) is 0 Å². The number of hydrogen-bond acceptors (Lipinski definition) is 4. The number of unbranched alkanes of at least 4 members (excludes halogenated alkanes) is 23. The molecule has 0 aromatic rings. The number of ether oxygens (including phenoxy) is 1. The van der Waals surface area contributed by atoms with Crippen LogP contribution in [-0.4, -0.2) is 24.6 Å². The molecule has 0 fully saturated rings. The van der Waals surface area contributed by atoms with Gasteiger partial charge in [-0.1, -0.05) is 147 Å². The lowest BCUT2D eigenvalue weighted by Gasteiger charge is -2.13. The van der Waals surface area contributed by atoms with Crippen LogP contribution in [0.25, 0.3) is 0 Å². The fourth-order valence-corrected chi connectivity index (χ4v) is 5.61. The minimum atomic E-state index is -0.563. The SMILES string of the molecule is CCCCCCCC/C=C\CCCCCCCCNC(=O)CCC(=O)OC(N)CCCCCCC/C=C\CCCCCCCC. The quantitative estimate of drug-likeness (QED) is 0.0315. The molecule has 0 saturated carbocycles. The highest BCUT2D eigenvalue weighted by atomic mass is 16.6. The van der Waals surface area contributed by atoms with E-state index < -0.39 is 6.23 Å². The second-order valence-corrected chi connectivity index (χ2v) is 13.2. The molecule has 0 aliphatic rings. The molecule has 5 heteroatoms. The molecule has 0 radical (unpaired) electrons. The number of nitrogens with two attached hydrogens (primary N) is 1. The molecule has 0 rings (SSSR count). The van der Waals surface area contributed by atoms with Crippen molar-refractivity contribution in [2.24, 2.45) is 5.73 Å². The van der Waals surface area contributed by atoms with Gasteiger partial charge in [0.15, 0.2) is 6.23 Å². The lowest BCUT2D eigenvalue weighted by Crippen LogP contribution is -2.29. The van der Waals surface area contributed by atoms with Crippen LogP contribution in [-0.2, 0) is 14.3 Å². The Kier molecular flexibility index (Phi) is 35.5. The summed E-state index contributed by atoms with van der Waals surface area (Å²) in [5.41, 5.74) is 5.99. The molecular weight excluding hydrogens is 556 g/mol. The van der Waals surface area contributed by atoms with Gasteiger partial charge in [0.2, 0.25) is 5.91 Å². The predicted molar refractivity (Wildman–Crippen MR) is 195 cm³/mol. The first-order chi connectivity index (χ1) is 22.1. The average molecular weight is 633 g/mol. The first-order valence-electron chi connectivity index (χ1n) is 19.6. The molecule has 3 N–H and O–H groups in total. The van der Waals surface area contributed by atoms with E-state index in [0.717, 1.165) is 25.7 Å². The molecule has 0 aromatic carbocycles. The molecule has 1 unspecified atom stereocenters. The molecule has 0 saturated heterocycles.